The van der Waals surface area contributed by atoms with Crippen molar-refractivity contribution in [3.63, 3.8) is 0 Å². The van der Waals surface area contributed by atoms with E-state index in [1.807, 2.05) is 0 Å². The first-order valence-electron chi connectivity index (χ1n) is 7.31. The van der Waals surface area contributed by atoms with Crippen molar-refractivity contribution in [1.82, 2.24) is 10.2 Å². The highest BCUT2D eigenvalue weighted by atomic mass is 15.1. The quantitative estimate of drug-likeness (QED) is 0.846. The van der Waals surface area contributed by atoms with Gasteiger partial charge in [-0.05, 0) is 62.6 Å². The second-order valence-corrected chi connectivity index (χ2v) is 6.09. The van der Waals surface area contributed by atoms with Crippen molar-refractivity contribution in [3.8, 4) is 0 Å². The van der Waals surface area contributed by atoms with Gasteiger partial charge in [0.2, 0.25) is 0 Å². The molecule has 0 saturated carbocycles. The first kappa shape index (κ1) is 16.2. The lowest BCUT2D eigenvalue weighted by atomic mass is 9.94. The standard InChI is InChI=1S/C17H30N2/c1-12(2)18-8-9-19(7)11-17-15(5)13(3)10-14(4)16(17)6/h10,12,18H,8-9,11H2,1-7H3. The molecule has 0 heterocycles. The van der Waals surface area contributed by atoms with Crippen molar-refractivity contribution in [2.75, 3.05) is 20.1 Å². The molecule has 1 N–H and O–H groups in total. The fourth-order valence-corrected chi connectivity index (χ4v) is 2.43. The van der Waals surface area contributed by atoms with Gasteiger partial charge in [-0.2, -0.15) is 0 Å². The van der Waals surface area contributed by atoms with E-state index in [9.17, 15) is 0 Å². The van der Waals surface area contributed by atoms with Crippen LogP contribution in [0.5, 0.6) is 0 Å². The van der Waals surface area contributed by atoms with E-state index in [-0.39, 0.29) is 0 Å². The number of benzene rings is 1. The van der Waals surface area contributed by atoms with Gasteiger partial charge in [0, 0.05) is 25.7 Å². The van der Waals surface area contributed by atoms with E-state index in [0.29, 0.717) is 6.04 Å². The van der Waals surface area contributed by atoms with Crippen molar-refractivity contribution in [1.29, 1.82) is 0 Å². The Morgan fingerprint density at radius 2 is 1.58 bits per heavy atom. The predicted molar refractivity (Wildman–Crippen MR) is 84.9 cm³/mol. The zero-order valence-electron chi connectivity index (χ0n) is 13.7. The van der Waals surface area contributed by atoms with Gasteiger partial charge in [0.05, 0.1) is 0 Å². The highest BCUT2D eigenvalue weighted by Gasteiger charge is 2.10. The molecule has 0 aliphatic heterocycles. The van der Waals surface area contributed by atoms with Crippen LogP contribution in [-0.2, 0) is 6.54 Å². The fourth-order valence-electron chi connectivity index (χ4n) is 2.43. The summed E-state index contributed by atoms with van der Waals surface area (Å²) in [5.74, 6) is 0. The molecule has 0 unspecified atom stereocenters. The molecule has 108 valence electrons. The molecule has 0 amide bonds. The predicted octanol–water partition coefficient (Wildman–Crippen LogP) is 3.35. The first-order valence-corrected chi connectivity index (χ1v) is 7.31. The van der Waals surface area contributed by atoms with Crippen LogP contribution >= 0.6 is 0 Å². The maximum absolute atomic E-state index is 3.47. The number of likely N-dealkylation sites (N-methyl/N-ethyl adjacent to an activating group) is 1. The van der Waals surface area contributed by atoms with Gasteiger partial charge in [0.25, 0.3) is 0 Å². The Hall–Kier alpha value is -0.860. The second kappa shape index (κ2) is 7.06. The molecule has 0 aliphatic rings. The Morgan fingerprint density at radius 1 is 1.05 bits per heavy atom. The molecule has 1 aromatic carbocycles. The summed E-state index contributed by atoms with van der Waals surface area (Å²) < 4.78 is 0. The van der Waals surface area contributed by atoms with Crippen LogP contribution in [-0.4, -0.2) is 31.1 Å². The zero-order valence-corrected chi connectivity index (χ0v) is 13.7. The minimum atomic E-state index is 0.568. The fraction of sp³-hybridized carbons (Fsp3) is 0.647. The van der Waals surface area contributed by atoms with E-state index >= 15 is 0 Å². The van der Waals surface area contributed by atoms with Crippen molar-refractivity contribution in [3.05, 3.63) is 33.9 Å². The van der Waals surface area contributed by atoms with Crippen molar-refractivity contribution < 1.29 is 0 Å². The lowest BCUT2D eigenvalue weighted by Crippen LogP contribution is -2.32. The van der Waals surface area contributed by atoms with Crippen LogP contribution in [0.3, 0.4) is 0 Å². The largest absolute Gasteiger partial charge is 0.313 e. The number of hydrogen-bond donors (Lipinski definition) is 1. The summed E-state index contributed by atoms with van der Waals surface area (Å²) >= 11 is 0. The van der Waals surface area contributed by atoms with Gasteiger partial charge in [0.1, 0.15) is 0 Å². The molecular formula is C17H30N2. The summed E-state index contributed by atoms with van der Waals surface area (Å²) in [6.45, 7) is 16.5. The van der Waals surface area contributed by atoms with Crippen molar-refractivity contribution >= 4 is 0 Å². The van der Waals surface area contributed by atoms with Crippen LogP contribution in [0.4, 0.5) is 0 Å². The molecule has 0 fully saturated rings. The van der Waals surface area contributed by atoms with Crippen LogP contribution in [0.15, 0.2) is 6.07 Å². The molecule has 0 atom stereocenters. The molecule has 0 saturated heterocycles. The topological polar surface area (TPSA) is 15.3 Å². The first-order chi connectivity index (χ1) is 8.82. The molecule has 19 heavy (non-hydrogen) atoms. The van der Waals surface area contributed by atoms with Crippen LogP contribution in [0.1, 0.15) is 41.7 Å². The van der Waals surface area contributed by atoms with E-state index in [1.165, 1.54) is 27.8 Å². The minimum Gasteiger partial charge on any atom is -0.313 e. The maximum Gasteiger partial charge on any atom is 0.0236 e. The van der Waals surface area contributed by atoms with Gasteiger partial charge in [0.15, 0.2) is 0 Å². The number of nitrogens with one attached hydrogen (secondary N) is 1. The van der Waals surface area contributed by atoms with Gasteiger partial charge in [-0.15, -0.1) is 0 Å². The van der Waals surface area contributed by atoms with Gasteiger partial charge < -0.3 is 10.2 Å². The minimum absolute atomic E-state index is 0.568. The van der Waals surface area contributed by atoms with Crippen LogP contribution in [0.2, 0.25) is 0 Å². The van der Waals surface area contributed by atoms with Crippen LogP contribution in [0, 0.1) is 27.7 Å². The molecule has 2 nitrogen and oxygen atoms in total. The van der Waals surface area contributed by atoms with Gasteiger partial charge in [-0.1, -0.05) is 19.9 Å². The third-order valence-corrected chi connectivity index (χ3v) is 4.00. The van der Waals surface area contributed by atoms with Crippen molar-refractivity contribution in [2.45, 2.75) is 54.1 Å². The van der Waals surface area contributed by atoms with Crippen LogP contribution in [0.25, 0.3) is 0 Å². The molecule has 0 aliphatic carbocycles. The molecule has 1 rings (SSSR count). The summed E-state index contributed by atoms with van der Waals surface area (Å²) in [6.07, 6.45) is 0. The number of rotatable bonds is 6. The van der Waals surface area contributed by atoms with Crippen LogP contribution < -0.4 is 5.32 Å². The van der Waals surface area contributed by atoms with E-state index in [1.54, 1.807) is 0 Å². The van der Waals surface area contributed by atoms with Gasteiger partial charge in [-0.25, -0.2) is 0 Å². The maximum atomic E-state index is 3.47. The molecule has 0 aromatic heterocycles. The Labute approximate surface area is 119 Å². The second-order valence-electron chi connectivity index (χ2n) is 6.09. The van der Waals surface area contributed by atoms with Gasteiger partial charge in [-0.3, -0.25) is 0 Å². The molecule has 0 spiro atoms. The average Bonchev–Trinajstić information content (AvgIpc) is 2.32. The molecule has 1 aromatic rings. The molecular weight excluding hydrogens is 232 g/mol. The lowest BCUT2D eigenvalue weighted by Gasteiger charge is -2.22. The molecule has 0 bridgehead atoms. The van der Waals surface area contributed by atoms with E-state index in [4.69, 9.17) is 0 Å². The Morgan fingerprint density at radius 3 is 2.05 bits per heavy atom. The highest BCUT2D eigenvalue weighted by Crippen LogP contribution is 2.22. The smallest absolute Gasteiger partial charge is 0.0236 e. The summed E-state index contributed by atoms with van der Waals surface area (Å²) in [5, 5.41) is 3.47. The number of hydrogen-bond acceptors (Lipinski definition) is 2. The van der Waals surface area contributed by atoms with Gasteiger partial charge >= 0.3 is 0 Å². The summed E-state index contributed by atoms with van der Waals surface area (Å²) in [5.41, 5.74) is 7.22. The normalized spacial score (nSPS) is 11.6. The lowest BCUT2D eigenvalue weighted by molar-refractivity contribution is 0.318. The Kier molecular flexibility index (Phi) is 6.02. The number of nitrogens with zero attached hydrogens (tertiary/aromatic N) is 1. The zero-order chi connectivity index (χ0) is 14.6. The monoisotopic (exact) mass is 262 g/mol. The summed E-state index contributed by atoms with van der Waals surface area (Å²) in [4.78, 5) is 2.41. The summed E-state index contributed by atoms with van der Waals surface area (Å²) in [6, 6.07) is 2.87. The third kappa shape index (κ3) is 4.63. The molecule has 0 radical (unpaired) electrons. The average molecular weight is 262 g/mol. The summed E-state index contributed by atoms with van der Waals surface area (Å²) in [7, 11) is 2.21. The Bertz CT molecular complexity index is 396. The van der Waals surface area contributed by atoms with E-state index in [2.05, 4.69) is 64.9 Å². The van der Waals surface area contributed by atoms with E-state index < -0.39 is 0 Å². The molecule has 2 heteroatoms. The third-order valence-electron chi connectivity index (χ3n) is 4.00. The Balaban J connectivity index is 2.71. The van der Waals surface area contributed by atoms with Crippen molar-refractivity contribution in [2.24, 2.45) is 0 Å². The van der Waals surface area contributed by atoms with E-state index in [0.717, 1.165) is 19.6 Å². The number of aryl methyl sites for hydroxylation is 2. The SMILES string of the molecule is Cc1cc(C)c(C)c(CN(C)CCNC(C)C)c1C. The highest BCUT2D eigenvalue weighted by molar-refractivity contribution is 5.43.